The molecule has 0 nitrogen and oxygen atoms in total. The van der Waals surface area contributed by atoms with Crippen LogP contribution in [0.4, 0.5) is 0 Å². The van der Waals surface area contributed by atoms with Gasteiger partial charge in [0.1, 0.15) is 0 Å². The monoisotopic (exact) mass is 832 g/mol. The van der Waals surface area contributed by atoms with Crippen molar-refractivity contribution in [1.29, 1.82) is 0 Å². The van der Waals surface area contributed by atoms with Gasteiger partial charge in [-0.15, -0.1) is 21.7 Å². The molecule has 8 aromatic rings. The van der Waals surface area contributed by atoms with Crippen molar-refractivity contribution in [3.63, 3.8) is 0 Å². The molecule has 0 aliphatic carbocycles. The molecule has 0 saturated carbocycles. The second-order valence-corrected chi connectivity index (χ2v) is 16.3. The summed E-state index contributed by atoms with van der Waals surface area (Å²) in [6, 6.07) is 83.2. The molecule has 306 valence electrons. The summed E-state index contributed by atoms with van der Waals surface area (Å²) < 4.78 is 0. The van der Waals surface area contributed by atoms with Crippen molar-refractivity contribution in [1.82, 2.24) is 0 Å². The standard InChI is InChI=1S/4C15H15.Cr/c4*1-15(2,13-9-5-3-6-10-13)14-11-7-4-8-12-14;/h4*3-12H,1H2,2H3;/q4*-1;+4. The zero-order chi connectivity index (χ0) is 42.9. The number of hydrogen-bond acceptors (Lipinski definition) is 0. The molecule has 0 aliphatic rings. The van der Waals surface area contributed by atoms with Crippen molar-refractivity contribution in [3.05, 3.63) is 315 Å². The van der Waals surface area contributed by atoms with Crippen LogP contribution in [-0.2, 0) is 39.0 Å². The van der Waals surface area contributed by atoms with Crippen molar-refractivity contribution in [2.45, 2.75) is 49.4 Å². The van der Waals surface area contributed by atoms with Gasteiger partial charge >= 0.3 is 17.4 Å². The van der Waals surface area contributed by atoms with Crippen molar-refractivity contribution in [2.24, 2.45) is 0 Å². The van der Waals surface area contributed by atoms with Gasteiger partial charge in [-0.1, -0.05) is 315 Å². The summed E-state index contributed by atoms with van der Waals surface area (Å²) in [7, 11) is 0. The van der Waals surface area contributed by atoms with Crippen molar-refractivity contribution in [2.75, 3.05) is 0 Å². The average molecular weight is 833 g/mol. The Balaban J connectivity index is 0.000000178. The van der Waals surface area contributed by atoms with E-state index in [4.69, 9.17) is 0 Å². The van der Waals surface area contributed by atoms with E-state index in [9.17, 15) is 0 Å². The van der Waals surface area contributed by atoms with Crippen LogP contribution in [0.3, 0.4) is 0 Å². The maximum atomic E-state index is 4.31. The number of hydrogen-bond donors (Lipinski definition) is 0. The van der Waals surface area contributed by atoms with Crippen LogP contribution in [0, 0.1) is 27.7 Å². The Hall–Kier alpha value is -5.71. The fraction of sp³-hybridized carbons (Fsp3) is 0.133. The number of rotatable bonds is 8. The first kappa shape index (κ1) is 48.0. The van der Waals surface area contributed by atoms with Crippen LogP contribution >= 0.6 is 0 Å². The van der Waals surface area contributed by atoms with Crippen molar-refractivity contribution >= 4 is 0 Å². The first-order valence-corrected chi connectivity index (χ1v) is 20.7. The van der Waals surface area contributed by atoms with E-state index in [0.29, 0.717) is 0 Å². The molecule has 0 aromatic heterocycles. The average Bonchev–Trinajstić information content (AvgIpc) is 3.32. The predicted octanol–water partition coefficient (Wildman–Crippen LogP) is 15.3. The summed E-state index contributed by atoms with van der Waals surface area (Å²) in [5.74, 6) is 0. The maximum absolute atomic E-state index is 4.31. The largest absolute Gasteiger partial charge is 4.00 e. The van der Waals surface area contributed by atoms with Gasteiger partial charge in [-0.2, -0.15) is 0 Å². The molecule has 0 spiro atoms. The molecule has 0 bridgehead atoms. The fourth-order valence-electron chi connectivity index (χ4n) is 7.11. The Morgan fingerprint density at radius 1 is 0.197 bits per heavy atom. The molecule has 1 heteroatoms. The second kappa shape index (κ2) is 22.8. The molecule has 0 radical (unpaired) electrons. The summed E-state index contributed by atoms with van der Waals surface area (Å²) in [5, 5.41) is 0. The van der Waals surface area contributed by atoms with Crippen LogP contribution < -0.4 is 0 Å². The Kier molecular flexibility index (Phi) is 17.9. The minimum Gasteiger partial charge on any atom is -0.329 e. The molecule has 8 rings (SSSR count). The third kappa shape index (κ3) is 13.1. The Labute approximate surface area is 379 Å². The van der Waals surface area contributed by atoms with Crippen LogP contribution in [0.1, 0.15) is 72.2 Å². The quantitative estimate of drug-likeness (QED) is 0.134. The third-order valence-electron chi connectivity index (χ3n) is 11.3. The van der Waals surface area contributed by atoms with Gasteiger partial charge < -0.3 is 27.7 Å². The molecule has 0 aliphatic heterocycles. The molecular weight excluding hydrogens is 773 g/mol. The first-order valence-electron chi connectivity index (χ1n) is 20.7. The predicted molar refractivity (Wildman–Crippen MR) is 259 cm³/mol. The van der Waals surface area contributed by atoms with Gasteiger partial charge in [0.05, 0.1) is 0 Å². The van der Waals surface area contributed by atoms with E-state index in [0.717, 1.165) is 0 Å². The molecule has 0 atom stereocenters. The molecule has 0 amide bonds. The van der Waals surface area contributed by atoms with Gasteiger partial charge in [-0.3, -0.25) is 0 Å². The van der Waals surface area contributed by atoms with E-state index in [2.05, 4.69) is 250 Å². The molecular formula is C60H60Cr. The SMILES string of the molecule is [CH2-]C(C)(c1ccccc1)c1ccccc1.[CH2-]C(C)(c1ccccc1)c1ccccc1.[CH2-]C(C)(c1ccccc1)c1ccccc1.[CH2-]C(C)(c1ccccc1)c1ccccc1.[Cr+4]. The Morgan fingerprint density at radius 3 is 0.361 bits per heavy atom. The molecule has 0 N–H and O–H groups in total. The molecule has 0 heterocycles. The first-order chi connectivity index (χ1) is 28.8. The van der Waals surface area contributed by atoms with E-state index in [1.165, 1.54) is 44.5 Å². The Morgan fingerprint density at radius 2 is 0.279 bits per heavy atom. The van der Waals surface area contributed by atoms with Gasteiger partial charge in [0.25, 0.3) is 0 Å². The zero-order valence-corrected chi connectivity index (χ0v) is 37.6. The molecule has 8 aromatic carbocycles. The molecule has 61 heavy (non-hydrogen) atoms. The Bertz CT molecular complexity index is 1840. The smallest absolute Gasteiger partial charge is 0.329 e. The van der Waals surface area contributed by atoms with Gasteiger partial charge in [0.2, 0.25) is 0 Å². The van der Waals surface area contributed by atoms with Crippen molar-refractivity contribution in [3.8, 4) is 0 Å². The van der Waals surface area contributed by atoms with E-state index < -0.39 is 0 Å². The van der Waals surface area contributed by atoms with E-state index in [-0.39, 0.29) is 39.0 Å². The van der Waals surface area contributed by atoms with Crippen LogP contribution in [0.25, 0.3) is 0 Å². The second-order valence-electron chi connectivity index (χ2n) is 16.3. The molecule has 0 saturated heterocycles. The topological polar surface area (TPSA) is 0 Å². The van der Waals surface area contributed by atoms with Crippen LogP contribution in [0.15, 0.2) is 243 Å². The summed E-state index contributed by atoms with van der Waals surface area (Å²) >= 11 is 0. The molecule has 0 unspecified atom stereocenters. The summed E-state index contributed by atoms with van der Waals surface area (Å²) in [6.45, 7) is 25.8. The van der Waals surface area contributed by atoms with Crippen molar-refractivity contribution < 1.29 is 17.4 Å². The zero-order valence-electron chi connectivity index (χ0n) is 36.3. The minimum absolute atomic E-state index is 0. The van der Waals surface area contributed by atoms with Crippen LogP contribution in [0.5, 0.6) is 0 Å². The van der Waals surface area contributed by atoms with Gasteiger partial charge in [-0.25, -0.2) is 0 Å². The van der Waals surface area contributed by atoms with E-state index >= 15 is 0 Å². The summed E-state index contributed by atoms with van der Waals surface area (Å²) in [5.41, 5.74) is 9.32. The normalized spacial score (nSPS) is 11.1. The van der Waals surface area contributed by atoms with Gasteiger partial charge in [-0.05, 0) is 0 Å². The van der Waals surface area contributed by atoms with E-state index in [1.54, 1.807) is 0 Å². The minimum atomic E-state index is -0.164. The summed E-state index contributed by atoms with van der Waals surface area (Å²) in [4.78, 5) is 0. The number of benzene rings is 8. The van der Waals surface area contributed by atoms with Crippen LogP contribution in [0.2, 0.25) is 0 Å². The molecule has 0 fully saturated rings. The van der Waals surface area contributed by atoms with E-state index in [1.807, 2.05) is 48.5 Å². The fourth-order valence-corrected chi connectivity index (χ4v) is 7.11. The van der Waals surface area contributed by atoms with Crippen LogP contribution in [-0.4, -0.2) is 0 Å². The maximum Gasteiger partial charge on any atom is 4.00 e. The van der Waals surface area contributed by atoms with Gasteiger partial charge in [0, 0.05) is 0 Å². The summed E-state index contributed by atoms with van der Waals surface area (Å²) in [6.07, 6.45) is 0. The third-order valence-corrected chi connectivity index (χ3v) is 11.3. The van der Waals surface area contributed by atoms with Gasteiger partial charge in [0.15, 0.2) is 0 Å².